The predicted octanol–water partition coefficient (Wildman–Crippen LogP) is 6.43. The summed E-state index contributed by atoms with van der Waals surface area (Å²) in [5.74, 6) is -6.43. The third-order valence-corrected chi connectivity index (χ3v) is 8.42. The Labute approximate surface area is 317 Å². The number of carboxylic acid groups (broad SMARTS) is 3. The molecule has 0 bridgehead atoms. The van der Waals surface area contributed by atoms with Gasteiger partial charge in [0.2, 0.25) is 5.43 Å². The molecule has 0 saturated carbocycles. The summed E-state index contributed by atoms with van der Waals surface area (Å²) in [6, 6.07) is 2.15. The quantitative estimate of drug-likeness (QED) is 0.0794. The maximum absolute atomic E-state index is 13.7. The Balaban J connectivity index is 0.00000113. The summed E-state index contributed by atoms with van der Waals surface area (Å²) < 4.78 is 107. The molecule has 310 valence electrons. The van der Waals surface area contributed by atoms with Crippen molar-refractivity contribution in [2.75, 3.05) is 24.0 Å². The van der Waals surface area contributed by atoms with Crippen molar-refractivity contribution in [3.05, 3.63) is 44.8 Å². The number of aromatic nitrogens is 1. The van der Waals surface area contributed by atoms with Gasteiger partial charge in [0.1, 0.15) is 28.1 Å². The lowest BCUT2D eigenvalue weighted by molar-refractivity contribution is -0.193. The smallest absolute Gasteiger partial charge is 0.475 e. The zero-order valence-corrected chi connectivity index (χ0v) is 31.3. The molecule has 2 atom stereocenters. The molecule has 0 unspecified atom stereocenters. The highest BCUT2D eigenvalue weighted by atomic mass is 32.2. The molecule has 0 amide bonds. The number of carboxylic acids is 3. The summed E-state index contributed by atoms with van der Waals surface area (Å²) in [4.78, 5) is 57.4. The van der Waals surface area contributed by atoms with E-state index in [9.17, 15) is 49.1 Å². The number of alkyl halides is 9. The molecule has 0 saturated heterocycles. The second-order valence-electron chi connectivity index (χ2n) is 10.4. The predicted molar refractivity (Wildman–Crippen MR) is 185 cm³/mol. The van der Waals surface area contributed by atoms with Crippen molar-refractivity contribution in [1.29, 1.82) is 0 Å². The normalized spacial score (nSPS) is 12.5. The van der Waals surface area contributed by atoms with Crippen LogP contribution in [0.2, 0.25) is 0 Å². The topological polar surface area (TPSA) is 233 Å². The van der Waals surface area contributed by atoms with E-state index in [0.29, 0.717) is 52.3 Å². The third-order valence-electron chi connectivity index (χ3n) is 6.16. The molecular weight excluding hydrogens is 830 g/mol. The van der Waals surface area contributed by atoms with Crippen molar-refractivity contribution in [2.24, 2.45) is 11.5 Å². The maximum atomic E-state index is 13.7. The minimum absolute atomic E-state index is 0.186. The number of carbonyl (C=O) groups is 4. The number of ether oxygens (including phenoxy) is 1. The van der Waals surface area contributed by atoms with Gasteiger partial charge in [0.15, 0.2) is 0 Å². The Bertz CT molecular complexity index is 1760. The van der Waals surface area contributed by atoms with Crippen LogP contribution in [0.1, 0.15) is 42.8 Å². The number of aliphatic carboxylic acids is 3. The first-order valence-electron chi connectivity index (χ1n) is 14.8. The van der Waals surface area contributed by atoms with Gasteiger partial charge >= 0.3 is 42.4 Å². The van der Waals surface area contributed by atoms with Crippen molar-refractivity contribution in [3.8, 4) is 16.3 Å². The lowest BCUT2D eigenvalue weighted by atomic mass is 10.0. The first kappa shape index (κ1) is 50.9. The fraction of sp³-hybridized carbons (Fsp3) is 0.467. The van der Waals surface area contributed by atoms with E-state index in [1.807, 2.05) is 31.7 Å². The average molecular weight is 864 g/mol. The van der Waals surface area contributed by atoms with Crippen LogP contribution in [0.15, 0.2) is 26.7 Å². The highest BCUT2D eigenvalue weighted by Gasteiger charge is 2.39. The molecule has 0 aliphatic heterocycles. The van der Waals surface area contributed by atoms with Gasteiger partial charge < -0.3 is 35.9 Å². The zero-order chi connectivity index (χ0) is 43.1. The summed E-state index contributed by atoms with van der Waals surface area (Å²) in [6.45, 7) is 3.82. The van der Waals surface area contributed by atoms with Gasteiger partial charge in [0.05, 0.1) is 17.0 Å². The fourth-order valence-corrected chi connectivity index (χ4v) is 5.33. The number of fused-ring (bicyclic) bond motifs is 1. The van der Waals surface area contributed by atoms with Crippen LogP contribution in [0.25, 0.3) is 21.5 Å². The number of rotatable bonds is 11. The van der Waals surface area contributed by atoms with E-state index in [-0.39, 0.29) is 5.43 Å². The van der Waals surface area contributed by atoms with Crippen molar-refractivity contribution in [3.63, 3.8) is 0 Å². The molecule has 7 N–H and O–H groups in total. The lowest BCUT2D eigenvalue weighted by Gasteiger charge is -2.17. The van der Waals surface area contributed by atoms with Gasteiger partial charge in [0, 0.05) is 17.1 Å². The SMILES string of the molecule is CCc1cc2c(=O)c(-c3nc(C)cs3)c([C@H](N)CCSC)oc2cc1OC(=O)[C@H](N)CCSC.O=C(O)C(F)(F)F.O=C(O)C(F)(F)F.O=C(O)C(F)(F)F. The van der Waals surface area contributed by atoms with Crippen LogP contribution in [0.3, 0.4) is 0 Å². The van der Waals surface area contributed by atoms with Crippen LogP contribution in [0, 0.1) is 6.92 Å². The Morgan fingerprint density at radius 2 is 1.33 bits per heavy atom. The molecule has 0 fully saturated rings. The summed E-state index contributed by atoms with van der Waals surface area (Å²) in [7, 11) is 0. The number of halogens is 9. The summed E-state index contributed by atoms with van der Waals surface area (Å²) >= 11 is 4.69. The van der Waals surface area contributed by atoms with E-state index >= 15 is 0 Å². The maximum Gasteiger partial charge on any atom is 0.490 e. The standard InChI is InChI=1S/C24H31N3O4S3.3C2HF3O2/c1-5-14-10-15-19(11-18(14)31-24(29)17(26)7-9-33-4)30-22(16(25)6-8-32-3)20(21(15)28)23-27-13(2)12-34-23;3*3-2(4,5)1(6)7/h10-12,16-17H,5-9,25-26H2,1-4H3;3*(H,6,7)/t16-,17-;;;/m1.../s1. The lowest BCUT2D eigenvalue weighted by Crippen LogP contribution is -2.34. The van der Waals surface area contributed by atoms with Crippen LogP contribution in [0.4, 0.5) is 39.5 Å². The minimum atomic E-state index is -5.08. The number of carbonyl (C=O) groups excluding carboxylic acids is 1. The monoisotopic (exact) mass is 863 g/mol. The number of nitrogens with two attached hydrogens (primary N) is 2. The van der Waals surface area contributed by atoms with Gasteiger partial charge in [-0.25, -0.2) is 24.2 Å². The highest BCUT2D eigenvalue weighted by Crippen LogP contribution is 2.34. The van der Waals surface area contributed by atoms with Gasteiger partial charge in [-0.1, -0.05) is 6.92 Å². The molecule has 0 aliphatic rings. The van der Waals surface area contributed by atoms with E-state index < -0.39 is 54.5 Å². The van der Waals surface area contributed by atoms with E-state index in [1.165, 1.54) is 11.3 Å². The molecule has 1 aromatic carbocycles. The molecule has 0 radical (unpaired) electrons. The molecule has 55 heavy (non-hydrogen) atoms. The van der Waals surface area contributed by atoms with Crippen molar-refractivity contribution in [2.45, 2.75) is 63.7 Å². The summed E-state index contributed by atoms with van der Waals surface area (Å²) in [6.07, 6.45) is -9.55. The van der Waals surface area contributed by atoms with E-state index in [0.717, 1.165) is 22.8 Å². The van der Waals surface area contributed by atoms with Gasteiger partial charge in [-0.3, -0.25) is 4.79 Å². The zero-order valence-electron chi connectivity index (χ0n) is 28.9. The van der Waals surface area contributed by atoms with Crippen LogP contribution in [-0.4, -0.2) is 92.8 Å². The van der Waals surface area contributed by atoms with Crippen LogP contribution in [0.5, 0.6) is 5.75 Å². The van der Waals surface area contributed by atoms with Gasteiger partial charge in [-0.2, -0.15) is 63.0 Å². The van der Waals surface area contributed by atoms with Crippen molar-refractivity contribution < 1.29 is 83.2 Å². The third kappa shape index (κ3) is 17.5. The van der Waals surface area contributed by atoms with Crippen LogP contribution in [-0.2, 0) is 25.6 Å². The molecule has 0 spiro atoms. The molecular formula is C30H34F9N3O10S3. The van der Waals surface area contributed by atoms with E-state index in [4.69, 9.17) is 50.3 Å². The number of thioether (sulfide) groups is 2. The molecule has 3 aromatic rings. The van der Waals surface area contributed by atoms with Gasteiger partial charge in [0.25, 0.3) is 0 Å². The van der Waals surface area contributed by atoms with Crippen LogP contribution >= 0.6 is 34.9 Å². The number of hydrogen-bond acceptors (Lipinski definition) is 13. The largest absolute Gasteiger partial charge is 0.490 e. The summed E-state index contributed by atoms with van der Waals surface area (Å²) in [5, 5.41) is 24.3. The highest BCUT2D eigenvalue weighted by molar-refractivity contribution is 7.98. The first-order valence-corrected chi connectivity index (χ1v) is 18.5. The number of aryl methyl sites for hydroxylation is 2. The minimum Gasteiger partial charge on any atom is -0.475 e. The Morgan fingerprint density at radius 1 is 0.873 bits per heavy atom. The molecule has 25 heteroatoms. The second kappa shape index (κ2) is 22.5. The van der Waals surface area contributed by atoms with Gasteiger partial charge in [-0.05, 0) is 61.8 Å². The van der Waals surface area contributed by atoms with E-state index in [1.54, 1.807) is 35.7 Å². The average Bonchev–Trinajstić information content (AvgIpc) is 3.50. The number of esters is 1. The number of nitrogens with zero attached hydrogens (tertiary/aromatic N) is 1. The number of thiazole rings is 1. The Kier molecular flexibility index (Phi) is 20.8. The fourth-order valence-electron chi connectivity index (χ4n) is 3.51. The van der Waals surface area contributed by atoms with Crippen molar-refractivity contribution >= 4 is 69.7 Å². The Hall–Kier alpha value is -4.07. The number of hydrogen-bond donors (Lipinski definition) is 5. The molecule has 3 rings (SSSR count). The molecule has 0 aliphatic carbocycles. The van der Waals surface area contributed by atoms with Crippen LogP contribution < -0.4 is 21.6 Å². The molecule has 13 nitrogen and oxygen atoms in total. The van der Waals surface area contributed by atoms with Gasteiger partial charge in [-0.15, -0.1) is 11.3 Å². The molecule has 2 heterocycles. The molecule has 2 aromatic heterocycles. The van der Waals surface area contributed by atoms with Crippen molar-refractivity contribution in [1.82, 2.24) is 4.98 Å². The Morgan fingerprint density at radius 3 is 1.71 bits per heavy atom. The first-order chi connectivity index (χ1) is 25.1. The second-order valence-corrected chi connectivity index (χ2v) is 13.2. The van der Waals surface area contributed by atoms with E-state index in [2.05, 4.69) is 4.98 Å². The summed E-state index contributed by atoms with van der Waals surface area (Å²) in [5.41, 5.74) is 14.6. The number of benzene rings is 1.